The van der Waals surface area contributed by atoms with Gasteiger partial charge in [-0.3, -0.25) is 4.57 Å². The fourth-order valence-corrected chi connectivity index (χ4v) is 1.15. The van der Waals surface area contributed by atoms with Crippen LogP contribution in [0.25, 0.3) is 0 Å². The topological polar surface area (TPSA) is 39.8 Å². The Hall–Kier alpha value is -1.06. The standard InChI is InChI=1S/C8H15N3O/c1-6(2)5-7-9-11(4)8(12)10(7)3/h6H,5H2,1-4H3. The second-order valence-electron chi connectivity index (χ2n) is 3.48. The Labute approximate surface area is 71.8 Å². The highest BCUT2D eigenvalue weighted by Crippen LogP contribution is 2.01. The summed E-state index contributed by atoms with van der Waals surface area (Å²) in [4.78, 5) is 11.2. The molecule has 12 heavy (non-hydrogen) atoms. The first-order chi connectivity index (χ1) is 5.52. The predicted octanol–water partition coefficient (Wildman–Crippen LogP) is 0.317. The molecule has 0 saturated heterocycles. The molecule has 1 heterocycles. The molecule has 0 aromatic carbocycles. The lowest BCUT2D eigenvalue weighted by atomic mass is 10.1. The Bertz CT molecular complexity index is 322. The van der Waals surface area contributed by atoms with Crippen molar-refractivity contribution in [3.8, 4) is 0 Å². The van der Waals surface area contributed by atoms with Crippen LogP contribution in [0.2, 0.25) is 0 Å². The Kier molecular flexibility index (Phi) is 2.35. The van der Waals surface area contributed by atoms with Crippen molar-refractivity contribution < 1.29 is 0 Å². The summed E-state index contributed by atoms with van der Waals surface area (Å²) in [5.41, 5.74) is -0.0503. The van der Waals surface area contributed by atoms with Gasteiger partial charge in [0, 0.05) is 20.5 Å². The summed E-state index contributed by atoms with van der Waals surface area (Å²) in [6.45, 7) is 4.22. The molecule has 4 heteroatoms. The van der Waals surface area contributed by atoms with Gasteiger partial charge < -0.3 is 0 Å². The van der Waals surface area contributed by atoms with E-state index < -0.39 is 0 Å². The monoisotopic (exact) mass is 169 g/mol. The summed E-state index contributed by atoms with van der Waals surface area (Å²) >= 11 is 0. The molecule has 0 saturated carbocycles. The van der Waals surface area contributed by atoms with Gasteiger partial charge in [-0.1, -0.05) is 13.8 Å². The first-order valence-corrected chi connectivity index (χ1v) is 4.11. The molecule has 0 bridgehead atoms. The zero-order chi connectivity index (χ0) is 9.30. The van der Waals surface area contributed by atoms with Gasteiger partial charge >= 0.3 is 5.69 Å². The van der Waals surface area contributed by atoms with Crippen molar-refractivity contribution in [2.45, 2.75) is 20.3 Å². The quantitative estimate of drug-likeness (QED) is 0.639. The SMILES string of the molecule is CC(C)Cc1nn(C)c(=O)n1C. The Morgan fingerprint density at radius 1 is 1.42 bits per heavy atom. The first kappa shape index (κ1) is 9.03. The van der Waals surface area contributed by atoms with Crippen molar-refractivity contribution in [2.75, 3.05) is 0 Å². The lowest BCUT2D eigenvalue weighted by Crippen LogP contribution is -2.20. The van der Waals surface area contributed by atoms with Gasteiger partial charge in [-0.2, -0.15) is 5.10 Å². The zero-order valence-corrected chi connectivity index (χ0v) is 8.03. The number of aromatic nitrogens is 3. The Morgan fingerprint density at radius 2 is 2.00 bits per heavy atom. The molecule has 1 rings (SSSR count). The van der Waals surface area contributed by atoms with E-state index in [1.54, 1.807) is 18.7 Å². The molecule has 0 unspecified atom stereocenters. The van der Waals surface area contributed by atoms with E-state index in [4.69, 9.17) is 0 Å². The molecule has 1 aromatic heterocycles. The highest BCUT2D eigenvalue weighted by Gasteiger charge is 2.08. The fourth-order valence-electron chi connectivity index (χ4n) is 1.15. The smallest absolute Gasteiger partial charge is 0.282 e. The molecule has 0 radical (unpaired) electrons. The third-order valence-electron chi connectivity index (χ3n) is 1.81. The molecule has 0 aliphatic heterocycles. The van der Waals surface area contributed by atoms with Crippen LogP contribution in [0.15, 0.2) is 4.79 Å². The molecule has 0 aliphatic carbocycles. The van der Waals surface area contributed by atoms with Crippen molar-refractivity contribution in [3.63, 3.8) is 0 Å². The van der Waals surface area contributed by atoms with Crippen LogP contribution < -0.4 is 5.69 Å². The van der Waals surface area contributed by atoms with E-state index in [1.165, 1.54) is 4.68 Å². The van der Waals surface area contributed by atoms with Crippen LogP contribution in [0.1, 0.15) is 19.7 Å². The highest BCUT2D eigenvalue weighted by atomic mass is 16.2. The van der Waals surface area contributed by atoms with Crippen molar-refractivity contribution >= 4 is 0 Å². The predicted molar refractivity (Wildman–Crippen MR) is 47.0 cm³/mol. The molecule has 68 valence electrons. The summed E-state index contributed by atoms with van der Waals surface area (Å²) in [6.07, 6.45) is 0.854. The van der Waals surface area contributed by atoms with E-state index in [0.29, 0.717) is 5.92 Å². The summed E-state index contributed by atoms with van der Waals surface area (Å²) < 4.78 is 2.97. The number of hydrogen-bond acceptors (Lipinski definition) is 2. The van der Waals surface area contributed by atoms with E-state index in [1.807, 2.05) is 0 Å². The molecule has 4 nitrogen and oxygen atoms in total. The van der Waals surface area contributed by atoms with Gasteiger partial charge in [0.25, 0.3) is 0 Å². The van der Waals surface area contributed by atoms with Crippen molar-refractivity contribution in [1.82, 2.24) is 14.3 Å². The van der Waals surface area contributed by atoms with E-state index in [-0.39, 0.29) is 5.69 Å². The summed E-state index contributed by atoms with van der Waals surface area (Å²) in [7, 11) is 3.43. The van der Waals surface area contributed by atoms with E-state index in [0.717, 1.165) is 12.2 Å². The van der Waals surface area contributed by atoms with Crippen LogP contribution in [0.3, 0.4) is 0 Å². The first-order valence-electron chi connectivity index (χ1n) is 4.11. The maximum absolute atomic E-state index is 11.2. The maximum atomic E-state index is 11.2. The second-order valence-corrected chi connectivity index (χ2v) is 3.48. The van der Waals surface area contributed by atoms with Crippen molar-refractivity contribution in [2.24, 2.45) is 20.0 Å². The molecule has 0 spiro atoms. The lowest BCUT2D eigenvalue weighted by molar-refractivity contribution is 0.595. The summed E-state index contributed by atoms with van der Waals surface area (Å²) in [5.74, 6) is 1.39. The molecule has 0 atom stereocenters. The molecule has 0 amide bonds. The Morgan fingerprint density at radius 3 is 2.33 bits per heavy atom. The second kappa shape index (κ2) is 3.13. The molecule has 1 aromatic rings. The van der Waals surface area contributed by atoms with E-state index in [2.05, 4.69) is 18.9 Å². The lowest BCUT2D eigenvalue weighted by Gasteiger charge is -2.01. The fraction of sp³-hybridized carbons (Fsp3) is 0.750. The van der Waals surface area contributed by atoms with Gasteiger partial charge in [0.15, 0.2) is 0 Å². The van der Waals surface area contributed by atoms with Crippen LogP contribution in [0.4, 0.5) is 0 Å². The molecular formula is C8H15N3O. The van der Waals surface area contributed by atoms with Crippen molar-refractivity contribution in [1.29, 1.82) is 0 Å². The van der Waals surface area contributed by atoms with Gasteiger partial charge in [-0.05, 0) is 5.92 Å². The third-order valence-corrected chi connectivity index (χ3v) is 1.81. The molecule has 0 N–H and O–H groups in total. The van der Waals surface area contributed by atoms with Gasteiger partial charge in [-0.15, -0.1) is 0 Å². The number of nitrogens with zero attached hydrogens (tertiary/aromatic N) is 3. The molecule has 0 aliphatic rings. The number of hydrogen-bond donors (Lipinski definition) is 0. The summed E-state index contributed by atoms with van der Waals surface area (Å²) in [6, 6.07) is 0. The average Bonchev–Trinajstić information content (AvgIpc) is 2.17. The third kappa shape index (κ3) is 1.57. The normalized spacial score (nSPS) is 11.1. The minimum absolute atomic E-state index is 0.0503. The Balaban J connectivity index is 3.02. The van der Waals surface area contributed by atoms with Gasteiger partial charge in [0.1, 0.15) is 5.82 Å². The molecular weight excluding hydrogens is 154 g/mol. The van der Waals surface area contributed by atoms with Crippen LogP contribution >= 0.6 is 0 Å². The van der Waals surface area contributed by atoms with E-state index >= 15 is 0 Å². The van der Waals surface area contributed by atoms with Crippen LogP contribution in [0, 0.1) is 5.92 Å². The molecule has 0 fully saturated rings. The van der Waals surface area contributed by atoms with Crippen LogP contribution in [0.5, 0.6) is 0 Å². The van der Waals surface area contributed by atoms with Crippen molar-refractivity contribution in [3.05, 3.63) is 16.3 Å². The largest absolute Gasteiger partial charge is 0.345 e. The van der Waals surface area contributed by atoms with Crippen LogP contribution in [-0.2, 0) is 20.5 Å². The van der Waals surface area contributed by atoms with Gasteiger partial charge in [0.05, 0.1) is 0 Å². The zero-order valence-electron chi connectivity index (χ0n) is 8.03. The minimum Gasteiger partial charge on any atom is -0.282 e. The van der Waals surface area contributed by atoms with Gasteiger partial charge in [0.2, 0.25) is 0 Å². The highest BCUT2D eigenvalue weighted by molar-refractivity contribution is 4.87. The number of rotatable bonds is 2. The summed E-state index contributed by atoms with van der Waals surface area (Å²) in [5, 5.41) is 4.12. The maximum Gasteiger partial charge on any atom is 0.345 e. The number of aryl methyl sites for hydroxylation is 1. The average molecular weight is 169 g/mol. The van der Waals surface area contributed by atoms with Crippen LogP contribution in [-0.4, -0.2) is 14.3 Å². The van der Waals surface area contributed by atoms with Gasteiger partial charge in [-0.25, -0.2) is 9.48 Å². The van der Waals surface area contributed by atoms with E-state index in [9.17, 15) is 4.79 Å². The minimum atomic E-state index is -0.0503.